The molecule has 1 fully saturated rings. The number of fused-ring (bicyclic) bond motifs is 1. The Bertz CT molecular complexity index is 1140. The molecule has 8 nitrogen and oxygen atoms in total. The Balaban J connectivity index is 1.44. The molecule has 1 N–H and O–H groups in total. The van der Waals surface area contributed by atoms with Crippen molar-refractivity contribution in [1.82, 2.24) is 14.8 Å². The number of nitriles is 1. The number of sulfone groups is 1. The highest BCUT2D eigenvalue weighted by atomic mass is 32.2. The van der Waals surface area contributed by atoms with E-state index in [1.54, 1.807) is 6.08 Å². The highest BCUT2D eigenvalue weighted by molar-refractivity contribution is 7.99. The molecular weight excluding hydrogens is 442 g/mol. The molecule has 0 aromatic carbocycles. The number of anilines is 1. The zero-order valence-electron chi connectivity index (χ0n) is 16.3. The average molecular weight is 464 g/mol. The number of thiophene rings is 1. The van der Waals surface area contributed by atoms with Crippen molar-refractivity contribution in [3.05, 3.63) is 34.5 Å². The van der Waals surface area contributed by atoms with Crippen LogP contribution >= 0.6 is 23.1 Å². The van der Waals surface area contributed by atoms with Crippen molar-refractivity contribution < 1.29 is 13.2 Å². The van der Waals surface area contributed by atoms with Gasteiger partial charge in [0.25, 0.3) is 0 Å². The third kappa shape index (κ3) is 4.17. The van der Waals surface area contributed by atoms with Crippen molar-refractivity contribution in [2.45, 2.75) is 43.3 Å². The van der Waals surface area contributed by atoms with Crippen LogP contribution in [0.3, 0.4) is 0 Å². The standard InChI is InChI=1S/C19H21N5O3S3/c1-2-7-24-17(12-6-8-30(26,27)11-12)22-23-19(24)28-10-16(25)21-18-14(9-20)13-4-3-5-15(13)29-18/h2,12H,1,3-8,10-11H2,(H,21,25)/t12-/m1/s1. The molecule has 0 bridgehead atoms. The molecule has 0 radical (unpaired) electrons. The van der Waals surface area contributed by atoms with Crippen molar-refractivity contribution >= 4 is 43.8 Å². The fraction of sp³-hybridized carbons (Fsp3) is 0.474. The zero-order chi connectivity index (χ0) is 21.3. The summed E-state index contributed by atoms with van der Waals surface area (Å²) in [7, 11) is -3.04. The Labute approximate surface area is 183 Å². The summed E-state index contributed by atoms with van der Waals surface area (Å²) in [5, 5.41) is 21.9. The molecule has 1 atom stereocenters. The number of amides is 1. The molecular formula is C19H21N5O3S3. The molecule has 1 aliphatic heterocycles. The SMILES string of the molecule is C=CCn1c(SCC(=O)Nc2sc3c(c2C#N)CCC3)nnc1[C@@H]1CCS(=O)(=O)C1. The van der Waals surface area contributed by atoms with Crippen LogP contribution < -0.4 is 5.32 Å². The zero-order valence-corrected chi connectivity index (χ0v) is 18.7. The quantitative estimate of drug-likeness (QED) is 0.495. The first kappa shape index (κ1) is 21.1. The van der Waals surface area contributed by atoms with Gasteiger partial charge < -0.3 is 9.88 Å². The molecule has 158 valence electrons. The maximum Gasteiger partial charge on any atom is 0.235 e. The number of rotatable bonds is 7. The molecule has 2 aliphatic rings. The van der Waals surface area contributed by atoms with Crippen LogP contribution in [0.2, 0.25) is 0 Å². The highest BCUT2D eigenvalue weighted by Crippen LogP contribution is 2.38. The van der Waals surface area contributed by atoms with Gasteiger partial charge in [-0.2, -0.15) is 5.26 Å². The number of nitrogens with zero attached hydrogens (tertiary/aromatic N) is 4. The number of carbonyl (C=O) groups is 1. The van der Waals surface area contributed by atoms with E-state index in [1.165, 1.54) is 28.0 Å². The van der Waals surface area contributed by atoms with Gasteiger partial charge >= 0.3 is 0 Å². The predicted octanol–water partition coefficient (Wildman–Crippen LogP) is 2.52. The third-order valence-corrected chi connectivity index (χ3v) is 9.22. The molecule has 2 aromatic heterocycles. The van der Waals surface area contributed by atoms with Crippen LogP contribution in [0.1, 0.15) is 40.6 Å². The van der Waals surface area contributed by atoms with Crippen LogP contribution in [-0.2, 0) is 34.0 Å². The van der Waals surface area contributed by atoms with Gasteiger partial charge in [-0.15, -0.1) is 28.1 Å². The minimum absolute atomic E-state index is 0.0768. The van der Waals surface area contributed by atoms with E-state index in [9.17, 15) is 18.5 Å². The second-order valence-corrected chi connectivity index (χ2v) is 11.6. The lowest BCUT2D eigenvalue weighted by Crippen LogP contribution is -2.15. The van der Waals surface area contributed by atoms with Gasteiger partial charge in [-0.3, -0.25) is 4.79 Å². The van der Waals surface area contributed by atoms with Gasteiger partial charge in [0, 0.05) is 17.3 Å². The number of thioether (sulfide) groups is 1. The number of aromatic nitrogens is 3. The number of nitrogens with one attached hydrogen (secondary N) is 1. The van der Waals surface area contributed by atoms with E-state index in [4.69, 9.17) is 0 Å². The lowest BCUT2D eigenvalue weighted by molar-refractivity contribution is -0.113. The van der Waals surface area contributed by atoms with Crippen LogP contribution in [0, 0.1) is 11.3 Å². The summed E-state index contributed by atoms with van der Waals surface area (Å²) in [5.41, 5.74) is 1.66. The summed E-state index contributed by atoms with van der Waals surface area (Å²) in [6.07, 6.45) is 5.15. The molecule has 0 unspecified atom stereocenters. The van der Waals surface area contributed by atoms with E-state index >= 15 is 0 Å². The van der Waals surface area contributed by atoms with E-state index in [1.807, 2.05) is 4.57 Å². The maximum absolute atomic E-state index is 12.5. The fourth-order valence-electron chi connectivity index (χ4n) is 3.91. The lowest BCUT2D eigenvalue weighted by atomic mass is 10.1. The van der Waals surface area contributed by atoms with E-state index in [-0.39, 0.29) is 29.1 Å². The molecule has 0 spiro atoms. The normalized spacial score (nSPS) is 19.4. The van der Waals surface area contributed by atoms with Crippen molar-refractivity contribution in [1.29, 1.82) is 5.26 Å². The van der Waals surface area contributed by atoms with Crippen LogP contribution in [0.25, 0.3) is 0 Å². The second-order valence-electron chi connectivity index (χ2n) is 7.35. The van der Waals surface area contributed by atoms with Crippen molar-refractivity contribution in [3.63, 3.8) is 0 Å². The first-order valence-corrected chi connectivity index (χ1v) is 13.3. The van der Waals surface area contributed by atoms with Crippen LogP contribution in [0.5, 0.6) is 0 Å². The van der Waals surface area contributed by atoms with Gasteiger partial charge in [0.15, 0.2) is 15.0 Å². The fourth-order valence-corrected chi connectivity index (χ4v) is 7.66. The van der Waals surface area contributed by atoms with Crippen LogP contribution in [0.15, 0.2) is 17.8 Å². The van der Waals surface area contributed by atoms with Gasteiger partial charge in [0.2, 0.25) is 5.91 Å². The van der Waals surface area contributed by atoms with Gasteiger partial charge in [-0.05, 0) is 31.2 Å². The average Bonchev–Trinajstić information content (AvgIpc) is 3.44. The number of hydrogen-bond donors (Lipinski definition) is 1. The molecule has 30 heavy (non-hydrogen) atoms. The van der Waals surface area contributed by atoms with Crippen LogP contribution in [0.4, 0.5) is 5.00 Å². The summed E-state index contributed by atoms with van der Waals surface area (Å²) < 4.78 is 25.5. The summed E-state index contributed by atoms with van der Waals surface area (Å²) >= 11 is 2.73. The number of aryl methyl sites for hydroxylation is 1. The van der Waals surface area contributed by atoms with E-state index in [2.05, 4.69) is 28.2 Å². The topological polar surface area (TPSA) is 118 Å². The first-order chi connectivity index (χ1) is 14.4. The first-order valence-electron chi connectivity index (χ1n) is 9.63. The van der Waals surface area contributed by atoms with Gasteiger partial charge in [0.05, 0.1) is 22.8 Å². The van der Waals surface area contributed by atoms with Crippen molar-refractivity contribution in [2.24, 2.45) is 0 Å². The summed E-state index contributed by atoms with van der Waals surface area (Å²) in [6.45, 7) is 4.20. The smallest absolute Gasteiger partial charge is 0.235 e. The van der Waals surface area contributed by atoms with Crippen molar-refractivity contribution in [3.8, 4) is 6.07 Å². The highest BCUT2D eigenvalue weighted by Gasteiger charge is 2.33. The molecule has 2 aromatic rings. The van der Waals surface area contributed by atoms with E-state index < -0.39 is 9.84 Å². The summed E-state index contributed by atoms with van der Waals surface area (Å²) in [4.78, 5) is 13.7. The second kappa shape index (κ2) is 8.53. The molecule has 1 aliphatic carbocycles. The Hall–Kier alpha value is -2.16. The monoisotopic (exact) mass is 463 g/mol. The lowest BCUT2D eigenvalue weighted by Gasteiger charge is -2.11. The summed E-state index contributed by atoms with van der Waals surface area (Å²) in [5.74, 6) is 0.585. The Kier molecular flexibility index (Phi) is 5.99. The molecule has 0 saturated carbocycles. The molecule has 1 amide bonds. The molecule has 1 saturated heterocycles. The Morgan fingerprint density at radius 2 is 2.27 bits per heavy atom. The van der Waals surface area contributed by atoms with Crippen LogP contribution in [-0.4, -0.2) is 46.3 Å². The third-order valence-electron chi connectivity index (χ3n) is 5.27. The van der Waals surface area contributed by atoms with E-state index in [0.717, 1.165) is 24.8 Å². The van der Waals surface area contributed by atoms with Gasteiger partial charge in [-0.1, -0.05) is 17.8 Å². The van der Waals surface area contributed by atoms with E-state index in [0.29, 0.717) is 34.5 Å². The van der Waals surface area contributed by atoms with Crippen molar-refractivity contribution in [2.75, 3.05) is 22.6 Å². The number of allylic oxidation sites excluding steroid dienone is 1. The largest absolute Gasteiger partial charge is 0.316 e. The summed E-state index contributed by atoms with van der Waals surface area (Å²) in [6, 6.07) is 2.22. The van der Waals surface area contributed by atoms with Gasteiger partial charge in [0.1, 0.15) is 16.9 Å². The maximum atomic E-state index is 12.5. The Morgan fingerprint density at radius 3 is 2.97 bits per heavy atom. The number of carbonyl (C=O) groups excluding carboxylic acids is 1. The minimum Gasteiger partial charge on any atom is -0.316 e. The predicted molar refractivity (Wildman–Crippen MR) is 117 cm³/mol. The number of hydrogen-bond acceptors (Lipinski definition) is 8. The Morgan fingerprint density at radius 1 is 1.43 bits per heavy atom. The molecule has 11 heteroatoms. The minimum atomic E-state index is -3.04. The molecule has 3 heterocycles. The van der Waals surface area contributed by atoms with Gasteiger partial charge in [-0.25, -0.2) is 8.42 Å². The molecule has 4 rings (SSSR count).